The maximum Gasteiger partial charge on any atom is 0.333 e. The van der Waals surface area contributed by atoms with Crippen LogP contribution in [0.25, 0.3) is 0 Å². The van der Waals surface area contributed by atoms with Gasteiger partial charge in [-0.3, -0.25) is 14.9 Å². The van der Waals surface area contributed by atoms with Crippen LogP contribution in [-0.2, 0) is 4.79 Å². The van der Waals surface area contributed by atoms with Crippen LogP contribution in [-0.4, -0.2) is 28.6 Å². The van der Waals surface area contributed by atoms with Gasteiger partial charge in [0.25, 0.3) is 0 Å². The molecule has 0 radical (unpaired) electrons. The van der Waals surface area contributed by atoms with Gasteiger partial charge in [0.2, 0.25) is 0 Å². The van der Waals surface area contributed by atoms with Gasteiger partial charge in [-0.15, -0.1) is 0 Å². The van der Waals surface area contributed by atoms with Gasteiger partial charge in [0, 0.05) is 12.5 Å². The third-order valence-electron chi connectivity index (χ3n) is 2.67. The van der Waals surface area contributed by atoms with Crippen molar-refractivity contribution in [2.45, 2.75) is 32.7 Å². The van der Waals surface area contributed by atoms with Gasteiger partial charge in [-0.2, -0.15) is 0 Å². The van der Waals surface area contributed by atoms with Crippen LogP contribution in [0.3, 0.4) is 0 Å². The topological polar surface area (TPSA) is 102 Å². The Morgan fingerprint density at radius 3 is 2.80 bits per heavy atom. The number of nitrogens with zero attached hydrogens (tertiary/aromatic N) is 1. The first-order valence-corrected chi connectivity index (χ1v) is 6.34. The van der Waals surface area contributed by atoms with Crippen molar-refractivity contribution in [3.63, 3.8) is 0 Å². The van der Waals surface area contributed by atoms with E-state index >= 15 is 0 Å². The van der Waals surface area contributed by atoms with Crippen molar-refractivity contribution < 1.29 is 19.6 Å². The van der Waals surface area contributed by atoms with Crippen molar-refractivity contribution in [3.8, 4) is 5.75 Å². The second kappa shape index (κ2) is 7.32. The molecule has 0 aliphatic rings. The molecule has 0 spiro atoms. The lowest BCUT2D eigenvalue weighted by Crippen LogP contribution is -2.17. The quantitative estimate of drug-likeness (QED) is 0.561. The van der Waals surface area contributed by atoms with E-state index in [-0.39, 0.29) is 23.9 Å². The summed E-state index contributed by atoms with van der Waals surface area (Å²) in [6.07, 6.45) is 0.387. The highest BCUT2D eigenvalue weighted by atomic mass is 16.6. The number of carboxylic acids is 1. The van der Waals surface area contributed by atoms with Crippen LogP contribution < -0.4 is 10.1 Å². The summed E-state index contributed by atoms with van der Waals surface area (Å²) in [5, 5.41) is 22.7. The summed E-state index contributed by atoms with van der Waals surface area (Å²) in [6.45, 7) is 3.86. The molecule has 0 aliphatic heterocycles. The van der Waals surface area contributed by atoms with E-state index in [0.717, 1.165) is 0 Å². The summed E-state index contributed by atoms with van der Waals surface area (Å²) >= 11 is 0. The van der Waals surface area contributed by atoms with E-state index in [2.05, 4.69) is 5.32 Å². The molecule has 0 fully saturated rings. The monoisotopic (exact) mass is 282 g/mol. The molecule has 0 bridgehead atoms. The number of nitro benzene ring substituents is 1. The summed E-state index contributed by atoms with van der Waals surface area (Å²) in [6, 6.07) is 4.58. The Hall–Kier alpha value is -2.31. The zero-order valence-electron chi connectivity index (χ0n) is 11.5. The predicted molar refractivity (Wildman–Crippen MR) is 74.2 cm³/mol. The van der Waals surface area contributed by atoms with Crippen LogP contribution in [0.1, 0.15) is 26.7 Å². The first-order valence-electron chi connectivity index (χ1n) is 6.34. The minimum Gasteiger partial charge on any atom is -0.487 e. The van der Waals surface area contributed by atoms with Crippen LogP contribution in [0.15, 0.2) is 18.2 Å². The lowest BCUT2D eigenvalue weighted by atomic mass is 10.1. The highest BCUT2D eigenvalue weighted by molar-refractivity contribution is 5.69. The summed E-state index contributed by atoms with van der Waals surface area (Å²) in [7, 11) is 0. The van der Waals surface area contributed by atoms with E-state index in [1.807, 2.05) is 0 Å². The molecule has 1 atom stereocenters. The molecule has 1 aromatic rings. The molecular formula is C13H18N2O5. The summed E-state index contributed by atoms with van der Waals surface area (Å²) < 4.78 is 5.24. The number of ether oxygens (including phenoxy) is 1. The molecule has 0 aliphatic carbocycles. The van der Waals surface area contributed by atoms with Crippen molar-refractivity contribution in [1.29, 1.82) is 0 Å². The number of hydrogen-bond donors (Lipinski definition) is 2. The molecule has 0 saturated carbocycles. The Balaban J connectivity index is 2.90. The van der Waals surface area contributed by atoms with Crippen molar-refractivity contribution in [1.82, 2.24) is 0 Å². The lowest BCUT2D eigenvalue weighted by molar-refractivity contribution is -0.385. The van der Waals surface area contributed by atoms with Crippen LogP contribution in [0.4, 0.5) is 11.4 Å². The highest BCUT2D eigenvalue weighted by Gasteiger charge is 2.21. The minimum absolute atomic E-state index is 0.00706. The molecular weight excluding hydrogens is 264 g/mol. The van der Waals surface area contributed by atoms with Crippen LogP contribution in [0.2, 0.25) is 0 Å². The molecule has 0 amide bonds. The number of rotatable bonds is 8. The zero-order valence-corrected chi connectivity index (χ0v) is 11.5. The summed E-state index contributed by atoms with van der Waals surface area (Å²) in [5.74, 6) is -0.691. The minimum atomic E-state index is -0.892. The fraction of sp³-hybridized carbons (Fsp3) is 0.462. The number of carboxylic acid groups (broad SMARTS) is 1. The Morgan fingerprint density at radius 1 is 1.55 bits per heavy atom. The molecule has 7 heteroatoms. The molecule has 0 heterocycles. The molecule has 20 heavy (non-hydrogen) atoms. The molecule has 0 saturated heterocycles. The third-order valence-corrected chi connectivity index (χ3v) is 2.67. The van der Waals surface area contributed by atoms with E-state index < -0.39 is 10.9 Å². The lowest BCUT2D eigenvalue weighted by Gasteiger charge is -2.15. The van der Waals surface area contributed by atoms with E-state index in [0.29, 0.717) is 18.7 Å². The Bertz CT molecular complexity index is 490. The zero-order chi connectivity index (χ0) is 15.1. The molecule has 0 aromatic heterocycles. The van der Waals surface area contributed by atoms with Gasteiger partial charge in [0.15, 0.2) is 5.75 Å². The van der Waals surface area contributed by atoms with E-state index in [9.17, 15) is 14.9 Å². The van der Waals surface area contributed by atoms with Gasteiger partial charge in [0.1, 0.15) is 5.69 Å². The predicted octanol–water partition coefficient (Wildman–Crippen LogP) is 2.66. The maximum absolute atomic E-state index is 11.2. The van der Waals surface area contributed by atoms with Crippen LogP contribution in [0.5, 0.6) is 5.75 Å². The Morgan fingerprint density at radius 2 is 2.25 bits per heavy atom. The normalized spacial score (nSPS) is 11.7. The van der Waals surface area contributed by atoms with Gasteiger partial charge >= 0.3 is 11.7 Å². The second-order valence-corrected chi connectivity index (χ2v) is 4.32. The molecule has 7 nitrogen and oxygen atoms in total. The number of nitrogens with one attached hydrogen (secondary N) is 1. The molecule has 2 N–H and O–H groups in total. The van der Waals surface area contributed by atoms with Gasteiger partial charge in [0.05, 0.1) is 11.5 Å². The molecule has 1 unspecified atom stereocenters. The third kappa shape index (κ3) is 4.42. The fourth-order valence-corrected chi connectivity index (χ4v) is 1.78. The standard InChI is InChI=1S/C13H18N2O5/c1-3-20-11-6-4-5-10(13(11)15(18)19)14-9(2)7-8-12(16)17/h4-6,9,14H,3,7-8H2,1-2H3,(H,16,17). The smallest absolute Gasteiger partial charge is 0.333 e. The van der Waals surface area contributed by atoms with Gasteiger partial charge in [-0.25, -0.2) is 0 Å². The van der Waals surface area contributed by atoms with Crippen LogP contribution in [0, 0.1) is 10.1 Å². The second-order valence-electron chi connectivity index (χ2n) is 4.32. The number of benzene rings is 1. The number of aliphatic carboxylic acids is 1. The highest BCUT2D eigenvalue weighted by Crippen LogP contribution is 2.35. The van der Waals surface area contributed by atoms with Gasteiger partial charge < -0.3 is 15.2 Å². The first kappa shape index (κ1) is 15.7. The number of nitro groups is 1. The maximum atomic E-state index is 11.2. The van der Waals surface area contributed by atoms with Crippen molar-refractivity contribution in [2.24, 2.45) is 0 Å². The molecule has 110 valence electrons. The van der Waals surface area contributed by atoms with E-state index in [1.54, 1.807) is 26.0 Å². The van der Waals surface area contributed by atoms with Crippen molar-refractivity contribution >= 4 is 17.3 Å². The number of para-hydroxylation sites is 1. The van der Waals surface area contributed by atoms with Crippen molar-refractivity contribution in [2.75, 3.05) is 11.9 Å². The average molecular weight is 282 g/mol. The Labute approximate surface area is 116 Å². The average Bonchev–Trinajstić information content (AvgIpc) is 2.36. The van der Waals surface area contributed by atoms with Crippen molar-refractivity contribution in [3.05, 3.63) is 28.3 Å². The number of carbonyl (C=O) groups is 1. The van der Waals surface area contributed by atoms with Crippen LogP contribution >= 0.6 is 0 Å². The Kier molecular flexibility index (Phi) is 5.76. The van der Waals surface area contributed by atoms with Gasteiger partial charge in [-0.05, 0) is 32.4 Å². The number of anilines is 1. The van der Waals surface area contributed by atoms with Gasteiger partial charge in [-0.1, -0.05) is 6.07 Å². The summed E-state index contributed by atoms with van der Waals surface area (Å²) in [4.78, 5) is 21.2. The first-order chi connectivity index (χ1) is 9.45. The SMILES string of the molecule is CCOc1cccc(NC(C)CCC(=O)O)c1[N+](=O)[O-]. The largest absolute Gasteiger partial charge is 0.487 e. The fourth-order valence-electron chi connectivity index (χ4n) is 1.78. The van der Waals surface area contributed by atoms with E-state index in [4.69, 9.17) is 9.84 Å². The number of hydrogen-bond acceptors (Lipinski definition) is 5. The molecule has 1 rings (SSSR count). The summed E-state index contributed by atoms with van der Waals surface area (Å²) in [5.41, 5.74) is 0.204. The molecule has 1 aromatic carbocycles. The van der Waals surface area contributed by atoms with E-state index in [1.165, 1.54) is 6.07 Å².